The molecule has 152 valence electrons. The highest BCUT2D eigenvalue weighted by Gasteiger charge is 2.16. The molecule has 2 heterocycles. The van der Waals surface area contributed by atoms with Crippen LogP contribution in [0.3, 0.4) is 0 Å². The lowest BCUT2D eigenvalue weighted by molar-refractivity contribution is 0.101. The number of nitrogens with zero attached hydrogens (tertiary/aromatic N) is 3. The number of aryl methyl sites for hydroxylation is 1. The summed E-state index contributed by atoms with van der Waals surface area (Å²) >= 11 is 1.31. The van der Waals surface area contributed by atoms with Crippen LogP contribution in [-0.2, 0) is 6.42 Å². The van der Waals surface area contributed by atoms with Crippen molar-refractivity contribution in [3.05, 3.63) is 76.2 Å². The molecule has 0 aliphatic rings. The van der Waals surface area contributed by atoms with Crippen molar-refractivity contribution in [2.75, 3.05) is 11.9 Å². The van der Waals surface area contributed by atoms with Gasteiger partial charge >= 0.3 is 0 Å². The maximum absolute atomic E-state index is 12.7. The molecule has 8 heteroatoms. The van der Waals surface area contributed by atoms with Crippen molar-refractivity contribution in [3.63, 3.8) is 0 Å². The van der Waals surface area contributed by atoms with Gasteiger partial charge in [-0.2, -0.15) is 5.10 Å². The molecule has 0 spiro atoms. The van der Waals surface area contributed by atoms with Crippen LogP contribution in [0.4, 0.5) is 5.13 Å². The van der Waals surface area contributed by atoms with Gasteiger partial charge in [-0.25, -0.2) is 9.67 Å². The number of ether oxygens (including phenoxy) is 1. The Kier molecular flexibility index (Phi) is 5.58. The second kappa shape index (κ2) is 8.46. The molecule has 7 nitrogen and oxygen atoms in total. The zero-order valence-corrected chi connectivity index (χ0v) is 17.4. The number of hydrogen-bond acceptors (Lipinski definition) is 6. The predicted molar refractivity (Wildman–Crippen MR) is 118 cm³/mol. The number of fused-ring (bicyclic) bond motifs is 1. The van der Waals surface area contributed by atoms with Gasteiger partial charge in [-0.15, -0.1) is 0 Å². The van der Waals surface area contributed by atoms with Crippen LogP contribution in [0.2, 0.25) is 0 Å². The van der Waals surface area contributed by atoms with E-state index in [9.17, 15) is 9.59 Å². The molecule has 4 aromatic rings. The maximum atomic E-state index is 12.7. The summed E-state index contributed by atoms with van der Waals surface area (Å²) in [6.45, 7) is 4.57. The molecule has 0 radical (unpaired) electrons. The van der Waals surface area contributed by atoms with Gasteiger partial charge in [-0.05, 0) is 49.2 Å². The van der Waals surface area contributed by atoms with E-state index in [1.54, 1.807) is 6.20 Å². The van der Waals surface area contributed by atoms with Crippen LogP contribution in [0.5, 0.6) is 5.75 Å². The fraction of sp³-hybridized carbons (Fsp3) is 0.182. The van der Waals surface area contributed by atoms with Crippen molar-refractivity contribution >= 4 is 32.6 Å². The summed E-state index contributed by atoms with van der Waals surface area (Å²) < 4.78 is 7.89. The molecule has 0 atom stereocenters. The van der Waals surface area contributed by atoms with Crippen LogP contribution >= 0.6 is 11.3 Å². The van der Waals surface area contributed by atoms with Crippen LogP contribution in [0.1, 0.15) is 29.9 Å². The first-order valence-corrected chi connectivity index (χ1v) is 10.4. The number of aromatic nitrogens is 3. The molecule has 0 saturated carbocycles. The zero-order valence-electron chi connectivity index (χ0n) is 16.6. The van der Waals surface area contributed by atoms with E-state index in [0.29, 0.717) is 11.7 Å². The van der Waals surface area contributed by atoms with Crippen molar-refractivity contribution in [3.8, 4) is 11.4 Å². The SMILES string of the molecule is CCOc1ccc2nc(NC(=O)c3nn(-c4ccc(CC)cc4)ccc3=O)sc2c1. The molecule has 30 heavy (non-hydrogen) atoms. The number of thiazole rings is 1. The van der Waals surface area contributed by atoms with Gasteiger partial charge in [0.1, 0.15) is 5.75 Å². The maximum Gasteiger partial charge on any atom is 0.281 e. The van der Waals surface area contributed by atoms with Gasteiger partial charge in [0, 0.05) is 12.3 Å². The van der Waals surface area contributed by atoms with Crippen molar-refractivity contribution in [2.45, 2.75) is 20.3 Å². The van der Waals surface area contributed by atoms with Gasteiger partial charge < -0.3 is 4.74 Å². The molecular weight excluding hydrogens is 400 g/mol. The van der Waals surface area contributed by atoms with Crippen molar-refractivity contribution in [1.29, 1.82) is 0 Å². The summed E-state index contributed by atoms with van der Waals surface area (Å²) in [5.74, 6) is 0.150. The Morgan fingerprint density at radius 1 is 1.13 bits per heavy atom. The summed E-state index contributed by atoms with van der Waals surface area (Å²) in [6, 6.07) is 14.7. The number of rotatable bonds is 6. The highest BCUT2D eigenvalue weighted by Crippen LogP contribution is 2.29. The molecule has 1 amide bonds. The van der Waals surface area contributed by atoms with E-state index >= 15 is 0 Å². The highest BCUT2D eigenvalue weighted by molar-refractivity contribution is 7.22. The van der Waals surface area contributed by atoms with E-state index in [2.05, 4.69) is 22.3 Å². The van der Waals surface area contributed by atoms with Gasteiger partial charge in [0.05, 0.1) is 22.5 Å². The summed E-state index contributed by atoms with van der Waals surface area (Å²) in [7, 11) is 0. The molecule has 0 aliphatic heterocycles. The van der Waals surface area contributed by atoms with E-state index in [-0.39, 0.29) is 5.69 Å². The van der Waals surface area contributed by atoms with E-state index in [0.717, 1.165) is 28.1 Å². The van der Waals surface area contributed by atoms with Crippen LogP contribution in [0, 0.1) is 0 Å². The Hall–Kier alpha value is -3.52. The van der Waals surface area contributed by atoms with E-state index in [1.165, 1.54) is 27.6 Å². The lowest BCUT2D eigenvalue weighted by Crippen LogP contribution is -2.25. The molecule has 0 saturated heterocycles. The molecule has 0 unspecified atom stereocenters. The van der Waals surface area contributed by atoms with Crippen LogP contribution < -0.4 is 15.5 Å². The number of anilines is 1. The lowest BCUT2D eigenvalue weighted by atomic mass is 10.1. The predicted octanol–water partition coefficient (Wildman–Crippen LogP) is 4.06. The molecular formula is C22H20N4O3S. The fourth-order valence-electron chi connectivity index (χ4n) is 2.96. The van der Waals surface area contributed by atoms with Crippen molar-refractivity contribution < 1.29 is 9.53 Å². The number of carbonyl (C=O) groups is 1. The Labute approximate surface area is 177 Å². The molecule has 2 aromatic carbocycles. The van der Waals surface area contributed by atoms with E-state index < -0.39 is 11.3 Å². The van der Waals surface area contributed by atoms with Crippen LogP contribution in [-0.4, -0.2) is 27.3 Å². The minimum Gasteiger partial charge on any atom is -0.494 e. The molecule has 0 fully saturated rings. The minimum atomic E-state index is -0.594. The van der Waals surface area contributed by atoms with Crippen molar-refractivity contribution in [2.24, 2.45) is 0 Å². The summed E-state index contributed by atoms with van der Waals surface area (Å²) in [6.07, 6.45) is 2.48. The van der Waals surface area contributed by atoms with Crippen molar-refractivity contribution in [1.82, 2.24) is 14.8 Å². The van der Waals surface area contributed by atoms with Gasteiger partial charge in [-0.3, -0.25) is 14.9 Å². The summed E-state index contributed by atoms with van der Waals surface area (Å²) in [4.78, 5) is 29.4. The topological polar surface area (TPSA) is 86.1 Å². The third kappa shape index (κ3) is 4.08. The van der Waals surface area contributed by atoms with Gasteiger partial charge in [0.2, 0.25) is 5.43 Å². The number of carbonyl (C=O) groups excluding carboxylic acids is 1. The minimum absolute atomic E-state index is 0.189. The average Bonchev–Trinajstić information content (AvgIpc) is 3.16. The number of benzene rings is 2. The van der Waals surface area contributed by atoms with E-state index in [4.69, 9.17) is 4.74 Å². The van der Waals surface area contributed by atoms with Gasteiger partial charge in [-0.1, -0.05) is 30.4 Å². The van der Waals surface area contributed by atoms with Gasteiger partial charge in [0.25, 0.3) is 5.91 Å². The Bertz CT molecular complexity index is 1260. The Balaban J connectivity index is 1.59. The highest BCUT2D eigenvalue weighted by atomic mass is 32.1. The second-order valence-electron chi connectivity index (χ2n) is 6.53. The average molecular weight is 420 g/mol. The standard InChI is InChI=1S/C22H20N4O3S/c1-3-14-5-7-15(8-6-14)26-12-11-18(27)20(25-26)21(28)24-22-23-17-10-9-16(29-4-2)13-19(17)30-22/h5-13H,3-4H2,1-2H3,(H,23,24,28). The third-order valence-corrected chi connectivity index (χ3v) is 5.46. The molecule has 1 N–H and O–H groups in total. The summed E-state index contributed by atoms with van der Waals surface area (Å²) in [5, 5.41) is 7.32. The van der Waals surface area contributed by atoms with Gasteiger partial charge in [0.15, 0.2) is 10.8 Å². The monoisotopic (exact) mass is 420 g/mol. The smallest absolute Gasteiger partial charge is 0.281 e. The number of amides is 1. The normalized spacial score (nSPS) is 10.9. The quantitative estimate of drug-likeness (QED) is 0.508. The first-order chi connectivity index (χ1) is 14.6. The molecule has 0 aliphatic carbocycles. The first kappa shape index (κ1) is 19.8. The number of hydrogen-bond donors (Lipinski definition) is 1. The first-order valence-electron chi connectivity index (χ1n) is 9.61. The number of nitrogens with one attached hydrogen (secondary N) is 1. The fourth-order valence-corrected chi connectivity index (χ4v) is 3.85. The molecule has 0 bridgehead atoms. The van der Waals surface area contributed by atoms with Crippen LogP contribution in [0.15, 0.2) is 59.5 Å². The summed E-state index contributed by atoms with van der Waals surface area (Å²) in [5.41, 5.74) is 2.07. The zero-order chi connectivity index (χ0) is 21.1. The van der Waals surface area contributed by atoms with E-state index in [1.807, 2.05) is 49.4 Å². The largest absolute Gasteiger partial charge is 0.494 e. The Morgan fingerprint density at radius 2 is 1.93 bits per heavy atom. The van der Waals surface area contributed by atoms with Crippen LogP contribution in [0.25, 0.3) is 15.9 Å². The molecule has 2 aromatic heterocycles. The second-order valence-corrected chi connectivity index (χ2v) is 7.56. The third-order valence-electron chi connectivity index (χ3n) is 4.52. The molecule has 4 rings (SSSR count). The lowest BCUT2D eigenvalue weighted by Gasteiger charge is -2.08. The Morgan fingerprint density at radius 3 is 2.67 bits per heavy atom.